The number of aromatic amines is 1. The molecule has 1 aliphatic heterocycles. The van der Waals surface area contributed by atoms with Crippen LogP contribution in [0.25, 0.3) is 0 Å². The number of pyridine rings is 1. The summed E-state index contributed by atoms with van der Waals surface area (Å²) in [6, 6.07) is 3.70. The minimum atomic E-state index is -0.558. The van der Waals surface area contributed by atoms with Gasteiger partial charge >= 0.3 is 6.09 Å². The predicted octanol–water partition coefficient (Wildman–Crippen LogP) is 2.03. The molecule has 0 atom stereocenters. The summed E-state index contributed by atoms with van der Waals surface area (Å²) in [4.78, 5) is 30.4. The lowest BCUT2D eigenvalue weighted by molar-refractivity contribution is 0.0222. The van der Waals surface area contributed by atoms with Crippen LogP contribution < -0.4 is 5.32 Å². The normalized spacial score (nSPS) is 13.9. The van der Waals surface area contributed by atoms with E-state index in [1.165, 1.54) is 0 Å². The second-order valence-electron chi connectivity index (χ2n) is 7.23. The molecule has 3 rings (SSSR count). The number of H-pyrrole nitrogens is 1. The van der Waals surface area contributed by atoms with Crippen molar-refractivity contribution in [1.29, 1.82) is 0 Å². The van der Waals surface area contributed by atoms with Gasteiger partial charge in [0.25, 0.3) is 5.91 Å². The minimum absolute atomic E-state index is 0.280. The van der Waals surface area contributed by atoms with Crippen LogP contribution in [0, 0.1) is 0 Å². The lowest BCUT2D eigenvalue weighted by Crippen LogP contribution is -2.40. The molecule has 0 saturated heterocycles. The molecule has 0 spiro atoms. The first-order chi connectivity index (χ1) is 12.3. The van der Waals surface area contributed by atoms with E-state index < -0.39 is 5.60 Å². The van der Waals surface area contributed by atoms with Crippen LogP contribution in [-0.4, -0.2) is 44.2 Å². The first-order valence-corrected chi connectivity index (χ1v) is 8.54. The second kappa shape index (κ2) is 7.15. The zero-order valence-electron chi connectivity index (χ0n) is 15.2. The molecule has 0 bridgehead atoms. The third-order valence-corrected chi connectivity index (χ3v) is 3.98. The van der Waals surface area contributed by atoms with E-state index in [4.69, 9.17) is 4.74 Å². The van der Waals surface area contributed by atoms with Crippen LogP contribution in [0.15, 0.2) is 24.5 Å². The quantitative estimate of drug-likeness (QED) is 0.875. The Morgan fingerprint density at radius 3 is 2.88 bits per heavy atom. The molecule has 8 nitrogen and oxygen atoms in total. The molecule has 0 saturated carbocycles. The van der Waals surface area contributed by atoms with Gasteiger partial charge in [-0.15, -0.1) is 0 Å². The van der Waals surface area contributed by atoms with Crippen molar-refractivity contribution in [2.45, 2.75) is 45.9 Å². The average molecular weight is 357 g/mol. The Labute approximate surface area is 151 Å². The minimum Gasteiger partial charge on any atom is -0.444 e. The number of rotatable bonds is 3. The highest BCUT2D eigenvalue weighted by atomic mass is 16.6. The number of amides is 2. The van der Waals surface area contributed by atoms with E-state index in [1.807, 2.05) is 32.9 Å². The van der Waals surface area contributed by atoms with Crippen molar-refractivity contribution < 1.29 is 14.3 Å². The number of nitrogens with zero attached hydrogens (tertiary/aromatic N) is 3. The van der Waals surface area contributed by atoms with E-state index in [9.17, 15) is 9.59 Å². The van der Waals surface area contributed by atoms with Crippen molar-refractivity contribution >= 4 is 12.0 Å². The number of fused-ring (bicyclic) bond motifs is 1. The number of hydrogen-bond donors (Lipinski definition) is 2. The van der Waals surface area contributed by atoms with Gasteiger partial charge in [0.2, 0.25) is 0 Å². The lowest BCUT2D eigenvalue weighted by atomic mass is 10.1. The summed E-state index contributed by atoms with van der Waals surface area (Å²) in [5, 5.41) is 9.90. The molecule has 3 heterocycles. The number of hydrogen-bond acceptors (Lipinski definition) is 5. The van der Waals surface area contributed by atoms with Crippen LogP contribution in [0.2, 0.25) is 0 Å². The Hall–Kier alpha value is -2.90. The van der Waals surface area contributed by atoms with Crippen molar-refractivity contribution in [2.75, 3.05) is 6.54 Å². The molecule has 2 N–H and O–H groups in total. The highest BCUT2D eigenvalue weighted by molar-refractivity contribution is 5.94. The van der Waals surface area contributed by atoms with Gasteiger partial charge in [-0.2, -0.15) is 5.10 Å². The second-order valence-corrected chi connectivity index (χ2v) is 7.23. The summed E-state index contributed by atoms with van der Waals surface area (Å²) in [5.41, 5.74) is 2.29. The summed E-state index contributed by atoms with van der Waals surface area (Å²) >= 11 is 0. The average Bonchev–Trinajstić information content (AvgIpc) is 3.02. The molecule has 0 radical (unpaired) electrons. The monoisotopic (exact) mass is 357 g/mol. The molecule has 0 aliphatic carbocycles. The highest BCUT2D eigenvalue weighted by Crippen LogP contribution is 2.22. The van der Waals surface area contributed by atoms with Gasteiger partial charge in [0, 0.05) is 43.2 Å². The number of nitrogens with one attached hydrogen (secondary N) is 2. The Bertz CT molecular complexity index is 795. The van der Waals surface area contributed by atoms with Crippen molar-refractivity contribution in [3.05, 3.63) is 47.0 Å². The van der Waals surface area contributed by atoms with Crippen molar-refractivity contribution in [3.63, 3.8) is 0 Å². The van der Waals surface area contributed by atoms with Crippen LogP contribution in [0.1, 0.15) is 48.1 Å². The predicted molar refractivity (Wildman–Crippen MR) is 94.3 cm³/mol. The molecule has 2 amide bonds. The van der Waals surface area contributed by atoms with E-state index in [0.29, 0.717) is 31.7 Å². The van der Waals surface area contributed by atoms with Crippen LogP contribution in [0.3, 0.4) is 0 Å². The molecule has 0 fully saturated rings. The Balaban J connectivity index is 1.68. The largest absolute Gasteiger partial charge is 0.444 e. The fraction of sp³-hybridized carbons (Fsp3) is 0.444. The molecule has 1 aliphatic rings. The van der Waals surface area contributed by atoms with Crippen molar-refractivity contribution in [1.82, 2.24) is 25.4 Å². The smallest absolute Gasteiger partial charge is 0.410 e. The molecule has 0 aromatic carbocycles. The first kappa shape index (κ1) is 17.9. The molecular formula is C18H23N5O3. The third-order valence-electron chi connectivity index (χ3n) is 3.98. The maximum absolute atomic E-state index is 12.5. The maximum Gasteiger partial charge on any atom is 0.410 e. The van der Waals surface area contributed by atoms with Gasteiger partial charge in [-0.05, 0) is 32.4 Å². The van der Waals surface area contributed by atoms with Gasteiger partial charge in [-0.3, -0.25) is 14.9 Å². The SMILES string of the molecule is CC(C)(C)OC(=O)N1CCc2[nH]nc(C(=O)NCc3cccnc3)c2C1. The van der Waals surface area contributed by atoms with Gasteiger partial charge in [0.1, 0.15) is 5.60 Å². The molecule has 26 heavy (non-hydrogen) atoms. The molecule has 2 aromatic rings. The Morgan fingerprint density at radius 2 is 2.19 bits per heavy atom. The summed E-state index contributed by atoms with van der Waals surface area (Å²) in [6.07, 6.45) is 3.61. The van der Waals surface area contributed by atoms with Crippen molar-refractivity contribution in [2.24, 2.45) is 0 Å². The Morgan fingerprint density at radius 1 is 1.38 bits per heavy atom. The first-order valence-electron chi connectivity index (χ1n) is 8.54. The third kappa shape index (κ3) is 4.19. The van der Waals surface area contributed by atoms with Crippen LogP contribution in [0.4, 0.5) is 4.79 Å². The van der Waals surface area contributed by atoms with Gasteiger partial charge in [0.05, 0.1) is 6.54 Å². The van der Waals surface area contributed by atoms with Crippen LogP contribution >= 0.6 is 0 Å². The molecule has 138 valence electrons. The van der Waals surface area contributed by atoms with E-state index >= 15 is 0 Å². The number of carbonyl (C=O) groups is 2. The summed E-state index contributed by atoms with van der Waals surface area (Å²) in [6.45, 7) is 6.68. The van der Waals surface area contributed by atoms with Crippen LogP contribution in [0.5, 0.6) is 0 Å². The zero-order chi connectivity index (χ0) is 18.7. The summed E-state index contributed by atoms with van der Waals surface area (Å²) < 4.78 is 5.42. The van der Waals surface area contributed by atoms with Gasteiger partial charge < -0.3 is 15.0 Å². The van der Waals surface area contributed by atoms with Crippen LogP contribution in [-0.2, 0) is 24.2 Å². The van der Waals surface area contributed by atoms with Crippen molar-refractivity contribution in [3.8, 4) is 0 Å². The number of carbonyl (C=O) groups excluding carboxylic acids is 2. The fourth-order valence-corrected chi connectivity index (χ4v) is 2.73. The van der Waals surface area contributed by atoms with Gasteiger partial charge in [-0.25, -0.2) is 4.79 Å². The lowest BCUT2D eigenvalue weighted by Gasteiger charge is -2.30. The zero-order valence-corrected chi connectivity index (χ0v) is 15.2. The number of ether oxygens (including phenoxy) is 1. The molecular weight excluding hydrogens is 334 g/mol. The summed E-state index contributed by atoms with van der Waals surface area (Å²) in [5.74, 6) is -0.280. The fourth-order valence-electron chi connectivity index (χ4n) is 2.73. The summed E-state index contributed by atoms with van der Waals surface area (Å²) in [7, 11) is 0. The highest BCUT2D eigenvalue weighted by Gasteiger charge is 2.30. The van der Waals surface area contributed by atoms with E-state index in [-0.39, 0.29) is 12.0 Å². The molecule has 2 aromatic heterocycles. The van der Waals surface area contributed by atoms with Gasteiger partial charge in [-0.1, -0.05) is 6.07 Å². The van der Waals surface area contributed by atoms with E-state index in [0.717, 1.165) is 16.8 Å². The van der Waals surface area contributed by atoms with E-state index in [2.05, 4.69) is 20.5 Å². The Kier molecular flexibility index (Phi) is 4.92. The maximum atomic E-state index is 12.5. The van der Waals surface area contributed by atoms with Gasteiger partial charge in [0.15, 0.2) is 5.69 Å². The molecule has 0 unspecified atom stereocenters. The number of aromatic nitrogens is 3. The molecule has 8 heteroatoms. The standard InChI is InChI=1S/C18H23N5O3/c1-18(2,3)26-17(25)23-8-6-14-13(11-23)15(22-21-14)16(24)20-10-12-5-4-7-19-9-12/h4-5,7,9H,6,8,10-11H2,1-3H3,(H,20,24)(H,21,22). The van der Waals surface area contributed by atoms with E-state index in [1.54, 1.807) is 17.3 Å². The topological polar surface area (TPSA) is 100 Å².